The smallest absolute Gasteiger partial charge is 0.326 e. The molecular weight excluding hydrogens is 550 g/mol. The lowest BCUT2D eigenvalue weighted by Crippen LogP contribution is -2.57. The second-order valence-corrected chi connectivity index (χ2v) is 10.8. The van der Waals surface area contributed by atoms with E-state index in [2.05, 4.69) is 25.6 Å². The Morgan fingerprint density at radius 2 is 1.74 bits per heavy atom. The zero-order valence-electron chi connectivity index (χ0n) is 23.5. The Balaban J connectivity index is 1.34. The summed E-state index contributed by atoms with van der Waals surface area (Å²) in [4.78, 5) is 64.2. The highest BCUT2D eigenvalue weighted by Gasteiger charge is 2.39. The molecule has 12 nitrogen and oxygen atoms in total. The van der Waals surface area contributed by atoms with Crippen molar-refractivity contribution >= 4 is 34.6 Å². The van der Waals surface area contributed by atoms with Gasteiger partial charge in [0.15, 0.2) is 0 Å². The molecule has 0 radical (unpaired) electrons. The molecular formula is C31H35N7O5. The number of carboxylic acids is 1. The Labute approximate surface area is 248 Å². The van der Waals surface area contributed by atoms with Gasteiger partial charge >= 0.3 is 5.97 Å². The number of benzene rings is 2. The van der Waals surface area contributed by atoms with Crippen molar-refractivity contribution in [3.05, 3.63) is 90.1 Å². The quantitative estimate of drug-likeness (QED) is 0.145. The standard InChI is InChI=1S/C31H35N7O5/c32-23(15-21-17-33-18-35-21)28(39)36-25(14-20-16-34-24-10-5-4-9-22(20)24)30(41)38-12-6-11-27(38)29(40)37-26(31(42)43)13-19-7-2-1-3-8-19/h1-5,7-10,16-18,23,25-27,34H,6,11-15,32H2,(H,33,35)(H,36,39)(H,37,40)(H,42,43). The number of nitrogens with two attached hydrogens (primary N) is 1. The summed E-state index contributed by atoms with van der Waals surface area (Å²) in [5, 5.41) is 16.2. The number of aliphatic carboxylic acids is 1. The van der Waals surface area contributed by atoms with Crippen LogP contribution in [0.5, 0.6) is 0 Å². The number of amides is 3. The van der Waals surface area contributed by atoms with Gasteiger partial charge < -0.3 is 36.3 Å². The largest absolute Gasteiger partial charge is 0.480 e. The molecule has 1 fully saturated rings. The Kier molecular flexibility index (Phi) is 9.16. The van der Waals surface area contributed by atoms with Crippen LogP contribution in [-0.2, 0) is 38.4 Å². The Morgan fingerprint density at radius 1 is 0.977 bits per heavy atom. The van der Waals surface area contributed by atoms with E-state index in [1.54, 1.807) is 36.7 Å². The van der Waals surface area contributed by atoms with Crippen LogP contribution in [0.15, 0.2) is 73.3 Å². The molecule has 2 aromatic carbocycles. The summed E-state index contributed by atoms with van der Waals surface area (Å²) in [6.45, 7) is 0.299. The van der Waals surface area contributed by atoms with Gasteiger partial charge in [0, 0.05) is 54.8 Å². The maximum absolute atomic E-state index is 14.1. The first-order chi connectivity index (χ1) is 20.8. The molecule has 12 heteroatoms. The number of aromatic nitrogens is 3. The van der Waals surface area contributed by atoms with Crippen molar-refractivity contribution in [3.63, 3.8) is 0 Å². The van der Waals surface area contributed by atoms with Crippen LogP contribution in [-0.4, -0.2) is 79.4 Å². The average molecular weight is 586 g/mol. The predicted molar refractivity (Wildman–Crippen MR) is 159 cm³/mol. The first-order valence-electron chi connectivity index (χ1n) is 14.3. The van der Waals surface area contributed by atoms with Gasteiger partial charge in [0.25, 0.3) is 0 Å². The van der Waals surface area contributed by atoms with Gasteiger partial charge in [0.2, 0.25) is 17.7 Å². The molecule has 43 heavy (non-hydrogen) atoms. The van der Waals surface area contributed by atoms with Gasteiger partial charge in [-0.25, -0.2) is 9.78 Å². The number of para-hydroxylation sites is 1. The van der Waals surface area contributed by atoms with Crippen LogP contribution in [0.25, 0.3) is 10.9 Å². The van der Waals surface area contributed by atoms with E-state index in [0.717, 1.165) is 22.0 Å². The second-order valence-electron chi connectivity index (χ2n) is 10.8. The monoisotopic (exact) mass is 585 g/mol. The van der Waals surface area contributed by atoms with E-state index in [-0.39, 0.29) is 19.3 Å². The maximum Gasteiger partial charge on any atom is 0.326 e. The number of hydrogen-bond donors (Lipinski definition) is 6. The third-order valence-electron chi connectivity index (χ3n) is 7.78. The fourth-order valence-corrected chi connectivity index (χ4v) is 5.55. The number of nitrogens with one attached hydrogen (secondary N) is 4. The second kappa shape index (κ2) is 13.3. The number of nitrogens with zero attached hydrogens (tertiary/aromatic N) is 2. The number of likely N-dealkylation sites (tertiary alicyclic amines) is 1. The number of imidazole rings is 1. The van der Waals surface area contributed by atoms with Crippen LogP contribution in [0.3, 0.4) is 0 Å². The van der Waals surface area contributed by atoms with E-state index >= 15 is 0 Å². The molecule has 1 aliphatic heterocycles. The van der Waals surface area contributed by atoms with Crippen molar-refractivity contribution in [2.24, 2.45) is 5.73 Å². The first-order valence-corrected chi connectivity index (χ1v) is 14.3. The summed E-state index contributed by atoms with van der Waals surface area (Å²) in [5.74, 6) is -2.65. The molecule has 1 saturated heterocycles. The Morgan fingerprint density at radius 3 is 2.49 bits per heavy atom. The van der Waals surface area contributed by atoms with Crippen molar-refractivity contribution in [1.82, 2.24) is 30.5 Å². The minimum Gasteiger partial charge on any atom is -0.480 e. The number of carbonyl (C=O) groups excluding carboxylic acids is 3. The van der Waals surface area contributed by atoms with Crippen molar-refractivity contribution in [2.75, 3.05) is 6.54 Å². The molecule has 2 aromatic heterocycles. The minimum atomic E-state index is -1.16. The molecule has 0 aliphatic carbocycles. The lowest BCUT2D eigenvalue weighted by atomic mass is 10.0. The van der Waals surface area contributed by atoms with Crippen molar-refractivity contribution in [2.45, 2.75) is 56.3 Å². The zero-order chi connectivity index (χ0) is 30.3. The molecule has 0 spiro atoms. The lowest BCUT2D eigenvalue weighted by Gasteiger charge is -2.30. The van der Waals surface area contributed by atoms with Crippen molar-refractivity contribution in [1.29, 1.82) is 0 Å². The Hall–Kier alpha value is -4.97. The Bertz CT molecular complexity index is 1570. The fourth-order valence-electron chi connectivity index (χ4n) is 5.55. The van der Waals surface area contributed by atoms with Gasteiger partial charge in [0.1, 0.15) is 18.1 Å². The molecule has 1 aliphatic rings. The minimum absolute atomic E-state index is 0.107. The molecule has 3 amide bonds. The number of rotatable bonds is 12. The summed E-state index contributed by atoms with van der Waals surface area (Å²) in [5.41, 5.74) is 9.35. The summed E-state index contributed by atoms with van der Waals surface area (Å²) in [6, 6.07) is 12.7. The van der Waals surface area contributed by atoms with Crippen molar-refractivity contribution in [3.8, 4) is 0 Å². The highest BCUT2D eigenvalue weighted by Crippen LogP contribution is 2.23. The van der Waals surface area contributed by atoms with Gasteiger partial charge in [-0.2, -0.15) is 0 Å². The van der Waals surface area contributed by atoms with Crippen LogP contribution in [0.1, 0.15) is 29.7 Å². The number of carboxylic acid groups (broad SMARTS) is 1. The SMILES string of the molecule is NC(Cc1cnc[nH]1)C(=O)NC(Cc1c[nH]c2ccccc12)C(=O)N1CCCC1C(=O)NC(Cc1ccccc1)C(=O)O. The number of fused-ring (bicyclic) bond motifs is 1. The van der Waals surface area contributed by atoms with E-state index < -0.39 is 47.9 Å². The van der Waals surface area contributed by atoms with Crippen LogP contribution >= 0.6 is 0 Å². The van der Waals surface area contributed by atoms with E-state index in [9.17, 15) is 24.3 Å². The number of hydrogen-bond acceptors (Lipinski definition) is 6. The van der Waals surface area contributed by atoms with Gasteiger partial charge in [-0.1, -0.05) is 48.5 Å². The molecule has 224 valence electrons. The van der Waals surface area contributed by atoms with Crippen LogP contribution in [0.2, 0.25) is 0 Å². The topological polar surface area (TPSA) is 186 Å². The van der Waals surface area contributed by atoms with Crippen LogP contribution in [0.4, 0.5) is 0 Å². The van der Waals surface area contributed by atoms with E-state index in [0.29, 0.717) is 25.1 Å². The number of aromatic amines is 2. The summed E-state index contributed by atoms with van der Waals surface area (Å²) in [7, 11) is 0. The molecule has 0 saturated carbocycles. The first kappa shape index (κ1) is 29.5. The normalized spacial score (nSPS) is 16.9. The predicted octanol–water partition coefficient (Wildman–Crippen LogP) is 1.29. The highest BCUT2D eigenvalue weighted by atomic mass is 16.4. The van der Waals surface area contributed by atoms with E-state index in [1.807, 2.05) is 30.3 Å². The third kappa shape index (κ3) is 7.09. The molecule has 4 unspecified atom stereocenters. The zero-order valence-corrected chi connectivity index (χ0v) is 23.5. The molecule has 4 atom stereocenters. The maximum atomic E-state index is 14.1. The average Bonchev–Trinajstić information content (AvgIpc) is 3.78. The van der Waals surface area contributed by atoms with Crippen LogP contribution in [0, 0.1) is 0 Å². The molecule has 3 heterocycles. The molecule has 5 rings (SSSR count). The molecule has 7 N–H and O–H groups in total. The lowest BCUT2D eigenvalue weighted by molar-refractivity contribution is -0.144. The van der Waals surface area contributed by atoms with Crippen LogP contribution < -0.4 is 16.4 Å². The summed E-state index contributed by atoms with van der Waals surface area (Å²) in [6.07, 6.45) is 6.30. The highest BCUT2D eigenvalue weighted by molar-refractivity contribution is 5.95. The van der Waals surface area contributed by atoms with Gasteiger partial charge in [-0.15, -0.1) is 0 Å². The van der Waals surface area contributed by atoms with Gasteiger partial charge in [-0.3, -0.25) is 14.4 Å². The van der Waals surface area contributed by atoms with E-state index in [1.165, 1.54) is 11.2 Å². The molecule has 0 bridgehead atoms. The van der Waals surface area contributed by atoms with Crippen molar-refractivity contribution < 1.29 is 24.3 Å². The summed E-state index contributed by atoms with van der Waals surface area (Å²) >= 11 is 0. The van der Waals surface area contributed by atoms with Gasteiger partial charge in [-0.05, 0) is 30.0 Å². The third-order valence-corrected chi connectivity index (χ3v) is 7.78. The molecule has 4 aromatic rings. The summed E-state index contributed by atoms with van der Waals surface area (Å²) < 4.78 is 0. The van der Waals surface area contributed by atoms with E-state index in [4.69, 9.17) is 5.73 Å². The number of carbonyl (C=O) groups is 4. The van der Waals surface area contributed by atoms with Gasteiger partial charge in [0.05, 0.1) is 12.4 Å². The fraction of sp³-hybridized carbons (Fsp3) is 0.323. The number of H-pyrrole nitrogens is 2.